The molecule has 6 aromatic carbocycles. The number of allylic oxidation sites excluding steroid dienone is 19. The summed E-state index contributed by atoms with van der Waals surface area (Å²) in [5, 5.41) is 5.02. The molecule has 1 aromatic heterocycles. The van der Waals surface area contributed by atoms with E-state index in [4.69, 9.17) is 4.99 Å². The number of benzene rings is 6. The van der Waals surface area contributed by atoms with Crippen molar-refractivity contribution in [1.29, 1.82) is 0 Å². The third-order valence-electron chi connectivity index (χ3n) is 10.6. The Kier molecular flexibility index (Phi) is 20.1. The van der Waals surface area contributed by atoms with Crippen LogP contribution in [0.3, 0.4) is 0 Å². The fourth-order valence-corrected chi connectivity index (χ4v) is 7.75. The normalized spacial score (nSPS) is 12.7. The lowest BCUT2D eigenvalue weighted by Crippen LogP contribution is -2.09. The van der Waals surface area contributed by atoms with Crippen molar-refractivity contribution in [2.75, 3.05) is 0 Å². The molecule has 0 radical (unpaired) electrons. The maximum Gasteiger partial charge on any atom is 0.138 e. The SMILES string of the molecule is C=C(C)\C=C(/C=C/C=C/C=C\C=C/C)c1ccccc1.C=C\C=C/C=C(\N=C(\C=C\C=C\C)n1c2ccccc2c2c(C)c(-c3cccc4cccc(C)c34)ccc21)c1ccccc1.CCC. The molecule has 2 nitrogen and oxygen atoms in total. The Morgan fingerprint density at radius 1 is 0.567 bits per heavy atom. The summed E-state index contributed by atoms with van der Waals surface area (Å²) in [4.78, 5) is 5.33. The first-order chi connectivity index (χ1) is 32.8. The summed E-state index contributed by atoms with van der Waals surface area (Å²) in [6, 6.07) is 47.0. The molecule has 0 aliphatic carbocycles. The molecule has 0 bridgehead atoms. The highest BCUT2D eigenvalue weighted by Gasteiger charge is 2.19. The summed E-state index contributed by atoms with van der Waals surface area (Å²) in [6.45, 7) is 22.5. The van der Waals surface area contributed by atoms with Crippen LogP contribution in [0.1, 0.15) is 63.3 Å². The number of aliphatic imine (C=N–C) groups is 1. The van der Waals surface area contributed by atoms with Crippen molar-refractivity contribution >= 4 is 49.7 Å². The highest BCUT2D eigenvalue weighted by Crippen LogP contribution is 2.40. The van der Waals surface area contributed by atoms with Gasteiger partial charge in [-0.2, -0.15) is 0 Å². The van der Waals surface area contributed by atoms with Crippen LogP contribution >= 0.6 is 0 Å². The second-order valence-corrected chi connectivity index (χ2v) is 16.0. The minimum Gasteiger partial charge on any atom is -0.294 e. The van der Waals surface area contributed by atoms with E-state index in [0.29, 0.717) is 0 Å². The van der Waals surface area contributed by atoms with Gasteiger partial charge in [-0.25, -0.2) is 4.99 Å². The summed E-state index contributed by atoms with van der Waals surface area (Å²) in [5.74, 6) is 0.838. The average molecular weight is 875 g/mol. The maximum absolute atomic E-state index is 5.33. The predicted octanol–water partition coefficient (Wildman–Crippen LogP) is 18.7. The molecular formula is C65H66N2. The third-order valence-corrected chi connectivity index (χ3v) is 10.6. The van der Waals surface area contributed by atoms with E-state index in [0.717, 1.165) is 33.7 Å². The molecule has 0 fully saturated rings. The Morgan fingerprint density at radius 3 is 1.84 bits per heavy atom. The van der Waals surface area contributed by atoms with Crippen LogP contribution in [-0.2, 0) is 0 Å². The topological polar surface area (TPSA) is 17.3 Å². The highest BCUT2D eigenvalue weighted by atomic mass is 15.1. The first kappa shape index (κ1) is 50.2. The molecule has 0 N–H and O–H groups in total. The van der Waals surface area contributed by atoms with Gasteiger partial charge in [-0.1, -0.05) is 251 Å². The van der Waals surface area contributed by atoms with E-state index >= 15 is 0 Å². The van der Waals surface area contributed by atoms with E-state index < -0.39 is 0 Å². The van der Waals surface area contributed by atoms with E-state index in [1.54, 1.807) is 6.08 Å². The fourth-order valence-electron chi connectivity index (χ4n) is 7.75. The maximum atomic E-state index is 5.33. The minimum atomic E-state index is 0.838. The third kappa shape index (κ3) is 13.8. The second kappa shape index (κ2) is 26.9. The van der Waals surface area contributed by atoms with Gasteiger partial charge in [-0.3, -0.25) is 4.57 Å². The Hall–Kier alpha value is -7.81. The number of para-hydroxylation sites is 1. The molecular weight excluding hydrogens is 809 g/mol. The van der Waals surface area contributed by atoms with Gasteiger partial charge in [0.05, 0.1) is 16.7 Å². The van der Waals surface area contributed by atoms with Crippen molar-refractivity contribution in [3.05, 3.63) is 278 Å². The van der Waals surface area contributed by atoms with Crippen LogP contribution in [0.2, 0.25) is 0 Å². The number of rotatable bonds is 13. The van der Waals surface area contributed by atoms with E-state index in [9.17, 15) is 0 Å². The Bertz CT molecular complexity index is 3050. The molecule has 0 amide bonds. The zero-order valence-corrected chi connectivity index (χ0v) is 40.5. The van der Waals surface area contributed by atoms with Gasteiger partial charge in [0.15, 0.2) is 0 Å². The summed E-state index contributed by atoms with van der Waals surface area (Å²) in [5.41, 5.74) is 12.6. The summed E-state index contributed by atoms with van der Waals surface area (Å²) < 4.78 is 2.30. The molecule has 7 aromatic rings. The van der Waals surface area contributed by atoms with E-state index in [-0.39, 0.29) is 0 Å². The fraction of sp³-hybridized carbons (Fsp3) is 0.123. The molecule has 0 unspecified atom stereocenters. The van der Waals surface area contributed by atoms with E-state index in [1.807, 2.05) is 130 Å². The molecule has 0 atom stereocenters. The van der Waals surface area contributed by atoms with E-state index in [1.165, 1.54) is 61.4 Å². The van der Waals surface area contributed by atoms with Gasteiger partial charge >= 0.3 is 0 Å². The van der Waals surface area contributed by atoms with Crippen LogP contribution in [-0.4, -0.2) is 10.4 Å². The largest absolute Gasteiger partial charge is 0.294 e. The lowest BCUT2D eigenvalue weighted by Gasteiger charge is -2.14. The molecule has 0 saturated carbocycles. The first-order valence-electron chi connectivity index (χ1n) is 23.3. The smallest absolute Gasteiger partial charge is 0.138 e. The van der Waals surface area contributed by atoms with Crippen LogP contribution in [0.25, 0.3) is 55.0 Å². The standard InChI is InChI=1S/C42H36N2.C20H22.C3H8/c1-5-7-10-25-37(32-19-12-9-13-20-32)43-40(27-11-8-6-2)44-38-26-15-14-23-36(38)42-31(4)34(28-29-39(42)44)35-24-17-22-33-21-16-18-30(3)41(33)35;1-4-5-6-7-8-9-11-16-20(17-18(2)3)19-14-12-10-13-15-19;1-3-2/h5-29H,1H2,2-4H3;4-17H,2H2,1,3H3;3H2,1-2H3/b8-6+,10-7-,27-11+,37-25-,43-40-;5-4-,7-6-,9-8+,16-11+,20-17+;. The second-order valence-electron chi connectivity index (χ2n) is 16.0. The van der Waals surface area contributed by atoms with Crippen LogP contribution in [0.4, 0.5) is 0 Å². The highest BCUT2D eigenvalue weighted by molar-refractivity contribution is 6.19. The van der Waals surface area contributed by atoms with Crippen molar-refractivity contribution in [2.24, 2.45) is 4.99 Å². The first-order valence-corrected chi connectivity index (χ1v) is 23.3. The van der Waals surface area contributed by atoms with Gasteiger partial charge in [0.1, 0.15) is 5.84 Å². The van der Waals surface area contributed by atoms with Gasteiger partial charge in [0.25, 0.3) is 0 Å². The quantitative estimate of drug-likeness (QED) is 0.0624. The van der Waals surface area contributed by atoms with Gasteiger partial charge in [0.2, 0.25) is 0 Å². The monoisotopic (exact) mass is 875 g/mol. The summed E-state index contributed by atoms with van der Waals surface area (Å²) >= 11 is 0. The van der Waals surface area contributed by atoms with Crippen LogP contribution in [0.15, 0.2) is 260 Å². The Balaban J connectivity index is 0.000000306. The van der Waals surface area contributed by atoms with Crippen LogP contribution in [0.5, 0.6) is 0 Å². The van der Waals surface area contributed by atoms with Crippen molar-refractivity contribution < 1.29 is 0 Å². The molecule has 1 heterocycles. The molecule has 2 heteroatoms. The molecule has 0 aliphatic heterocycles. The zero-order chi connectivity index (χ0) is 47.8. The van der Waals surface area contributed by atoms with Gasteiger partial charge in [-0.05, 0) is 103 Å². The van der Waals surface area contributed by atoms with Crippen molar-refractivity contribution in [1.82, 2.24) is 4.57 Å². The number of fused-ring (bicyclic) bond motifs is 4. The molecule has 67 heavy (non-hydrogen) atoms. The molecule has 0 saturated heterocycles. The Labute approximate surface area is 401 Å². The van der Waals surface area contributed by atoms with Gasteiger partial charge in [0, 0.05) is 16.3 Å². The number of hydrogen-bond donors (Lipinski definition) is 0. The van der Waals surface area contributed by atoms with Gasteiger partial charge < -0.3 is 0 Å². The molecule has 0 spiro atoms. The average Bonchev–Trinajstić information content (AvgIpc) is 3.68. The van der Waals surface area contributed by atoms with Crippen molar-refractivity contribution in [3.63, 3.8) is 0 Å². The lowest BCUT2D eigenvalue weighted by molar-refractivity contribution is 1.09. The molecule has 0 aliphatic rings. The number of aromatic nitrogens is 1. The van der Waals surface area contributed by atoms with Crippen molar-refractivity contribution in [2.45, 2.75) is 54.9 Å². The van der Waals surface area contributed by atoms with E-state index in [2.05, 4.69) is 167 Å². The van der Waals surface area contributed by atoms with Crippen molar-refractivity contribution in [3.8, 4) is 11.1 Å². The number of hydrogen-bond acceptors (Lipinski definition) is 1. The molecule has 7 rings (SSSR count). The van der Waals surface area contributed by atoms with Gasteiger partial charge in [-0.15, -0.1) is 0 Å². The van der Waals surface area contributed by atoms with Crippen LogP contribution in [0, 0.1) is 13.8 Å². The Morgan fingerprint density at radius 2 is 1.16 bits per heavy atom. The minimum absolute atomic E-state index is 0.838. The van der Waals surface area contributed by atoms with Crippen LogP contribution < -0.4 is 0 Å². The number of nitrogens with zero attached hydrogens (tertiary/aromatic N) is 2. The predicted molar refractivity (Wildman–Crippen MR) is 300 cm³/mol. The zero-order valence-electron chi connectivity index (χ0n) is 40.5. The summed E-state index contributed by atoms with van der Waals surface area (Å²) in [7, 11) is 0. The number of aryl methyl sites for hydroxylation is 2. The summed E-state index contributed by atoms with van der Waals surface area (Å²) in [6.07, 6.45) is 35.5. The lowest BCUT2D eigenvalue weighted by atomic mass is 9.91. The molecule has 336 valence electrons.